The molecule has 0 aromatic carbocycles. The highest BCUT2D eigenvalue weighted by Crippen LogP contribution is 2.26. The third-order valence-corrected chi connectivity index (χ3v) is 4.22. The van der Waals surface area contributed by atoms with E-state index in [4.69, 9.17) is 0 Å². The van der Waals surface area contributed by atoms with Gasteiger partial charge in [-0.1, -0.05) is 0 Å². The molecule has 2 aromatic rings. The van der Waals surface area contributed by atoms with Gasteiger partial charge in [0, 0.05) is 62.9 Å². The van der Waals surface area contributed by atoms with Crippen molar-refractivity contribution in [3.8, 4) is 0 Å². The Kier molecular flexibility index (Phi) is 6.83. The lowest BCUT2D eigenvalue weighted by atomic mass is 10.0. The number of allylic oxidation sites excluding steroid dienone is 1. The number of aromatic amines is 1. The van der Waals surface area contributed by atoms with E-state index in [1.54, 1.807) is 44.1 Å². The molecule has 0 atom stereocenters. The van der Waals surface area contributed by atoms with Gasteiger partial charge < -0.3 is 15.6 Å². The van der Waals surface area contributed by atoms with Crippen LogP contribution in [0, 0.1) is 0 Å². The van der Waals surface area contributed by atoms with Crippen molar-refractivity contribution in [2.45, 2.75) is 6.42 Å². The standard InChI is InChI=1S/C20H23N9O/c1-21-6-4-7-23-9-10-25-16-11-14(13-29(3)22-2)26-20(30)18(16)19-27-15-5-8-24-12-17(15)28-19/h4-8,12-13,25H,1-2,9-11H2,3H3,(H,26,30)(H,27,28)/b6-4-,14-13+,23-7-. The molecule has 0 radical (unpaired) electrons. The summed E-state index contributed by atoms with van der Waals surface area (Å²) in [6.45, 7) is 7.91. The molecule has 1 aliphatic rings. The number of pyridine rings is 1. The van der Waals surface area contributed by atoms with Crippen LogP contribution >= 0.6 is 0 Å². The number of rotatable bonds is 9. The smallest absolute Gasteiger partial charge is 0.261 e. The number of carbonyl (C=O) groups excluding carboxylic acids is 1. The molecule has 3 heterocycles. The summed E-state index contributed by atoms with van der Waals surface area (Å²) in [5.74, 6) is 0.221. The van der Waals surface area contributed by atoms with Crippen LogP contribution in [0.15, 0.2) is 63.4 Å². The van der Waals surface area contributed by atoms with Gasteiger partial charge in [0.2, 0.25) is 0 Å². The number of amides is 1. The molecule has 1 aliphatic heterocycles. The second kappa shape index (κ2) is 9.92. The highest BCUT2D eigenvalue weighted by atomic mass is 16.1. The summed E-state index contributed by atoms with van der Waals surface area (Å²) < 4.78 is 0. The van der Waals surface area contributed by atoms with Crippen LogP contribution in [0.1, 0.15) is 12.2 Å². The molecule has 3 N–H and O–H groups in total. The molecule has 0 aliphatic carbocycles. The van der Waals surface area contributed by atoms with Crippen LogP contribution in [0.3, 0.4) is 0 Å². The van der Waals surface area contributed by atoms with Crippen molar-refractivity contribution in [1.82, 2.24) is 30.6 Å². The van der Waals surface area contributed by atoms with Crippen LogP contribution < -0.4 is 10.6 Å². The monoisotopic (exact) mass is 405 g/mol. The van der Waals surface area contributed by atoms with Gasteiger partial charge in [-0.3, -0.25) is 24.8 Å². The highest BCUT2D eigenvalue weighted by Gasteiger charge is 2.27. The molecule has 0 bridgehead atoms. The van der Waals surface area contributed by atoms with Crippen molar-refractivity contribution in [3.63, 3.8) is 0 Å². The number of aromatic nitrogens is 3. The van der Waals surface area contributed by atoms with Gasteiger partial charge >= 0.3 is 0 Å². The van der Waals surface area contributed by atoms with Gasteiger partial charge in [0.15, 0.2) is 0 Å². The molecule has 2 aromatic heterocycles. The van der Waals surface area contributed by atoms with Crippen LogP contribution in [0.5, 0.6) is 0 Å². The van der Waals surface area contributed by atoms with E-state index in [1.165, 1.54) is 5.01 Å². The fourth-order valence-corrected chi connectivity index (χ4v) is 2.90. The number of hydrogen-bond donors (Lipinski definition) is 3. The average molecular weight is 405 g/mol. The Bertz CT molecular complexity index is 1030. The summed E-state index contributed by atoms with van der Waals surface area (Å²) in [7, 11) is 1.74. The predicted octanol–water partition coefficient (Wildman–Crippen LogP) is 1.45. The number of carbonyl (C=O) groups is 1. The number of nitrogens with zero attached hydrogens (tertiary/aromatic N) is 6. The number of aliphatic imine (C=N–C) groups is 2. The molecular formula is C20H23N9O. The number of hydrogen-bond acceptors (Lipinski definition) is 8. The third-order valence-electron chi connectivity index (χ3n) is 4.22. The molecule has 0 saturated carbocycles. The quantitative estimate of drug-likeness (QED) is 0.331. The van der Waals surface area contributed by atoms with E-state index in [-0.39, 0.29) is 5.91 Å². The third kappa shape index (κ3) is 5.04. The van der Waals surface area contributed by atoms with E-state index in [9.17, 15) is 4.79 Å². The Hall–Kier alpha value is -4.08. The maximum Gasteiger partial charge on any atom is 0.261 e. The van der Waals surface area contributed by atoms with E-state index >= 15 is 0 Å². The summed E-state index contributed by atoms with van der Waals surface area (Å²) in [5.41, 5.74) is 3.40. The van der Waals surface area contributed by atoms with Gasteiger partial charge in [-0.25, -0.2) is 4.98 Å². The Morgan fingerprint density at radius 2 is 2.27 bits per heavy atom. The first-order valence-corrected chi connectivity index (χ1v) is 9.21. The molecule has 1 amide bonds. The maximum absolute atomic E-state index is 12.9. The van der Waals surface area contributed by atoms with E-state index in [0.717, 1.165) is 11.2 Å². The fourth-order valence-electron chi connectivity index (χ4n) is 2.90. The van der Waals surface area contributed by atoms with Crippen molar-refractivity contribution in [3.05, 3.63) is 54.2 Å². The van der Waals surface area contributed by atoms with Crippen molar-refractivity contribution in [1.29, 1.82) is 0 Å². The molecule has 10 heteroatoms. The number of fused-ring (bicyclic) bond motifs is 1. The number of nitrogens with one attached hydrogen (secondary N) is 3. The van der Waals surface area contributed by atoms with Crippen molar-refractivity contribution in [2.24, 2.45) is 15.1 Å². The molecular weight excluding hydrogens is 382 g/mol. The lowest BCUT2D eigenvalue weighted by Gasteiger charge is -2.23. The van der Waals surface area contributed by atoms with Crippen LogP contribution in [0.2, 0.25) is 0 Å². The Morgan fingerprint density at radius 3 is 3.03 bits per heavy atom. The molecule has 3 rings (SSSR count). The van der Waals surface area contributed by atoms with E-state index in [1.807, 2.05) is 6.07 Å². The predicted molar refractivity (Wildman–Crippen MR) is 119 cm³/mol. The zero-order valence-corrected chi connectivity index (χ0v) is 16.7. The summed E-state index contributed by atoms with van der Waals surface area (Å²) in [6, 6.07) is 1.82. The summed E-state index contributed by atoms with van der Waals surface area (Å²) in [4.78, 5) is 32.6. The molecule has 0 fully saturated rings. The topological polar surface area (TPSA) is 123 Å². The number of imidazole rings is 1. The van der Waals surface area contributed by atoms with Crippen molar-refractivity contribution in [2.75, 3.05) is 20.1 Å². The highest BCUT2D eigenvalue weighted by molar-refractivity contribution is 6.21. The van der Waals surface area contributed by atoms with Crippen molar-refractivity contribution >= 4 is 42.2 Å². The van der Waals surface area contributed by atoms with E-state index < -0.39 is 0 Å². The first-order valence-electron chi connectivity index (χ1n) is 9.21. The van der Waals surface area contributed by atoms with Gasteiger partial charge in [0.1, 0.15) is 16.9 Å². The van der Waals surface area contributed by atoms with Gasteiger partial charge in [-0.15, -0.1) is 0 Å². The summed E-state index contributed by atoms with van der Waals surface area (Å²) in [5, 5.41) is 11.6. The lowest BCUT2D eigenvalue weighted by Crippen LogP contribution is -2.35. The minimum absolute atomic E-state index is 0.261. The zero-order chi connectivity index (χ0) is 21.3. The summed E-state index contributed by atoms with van der Waals surface area (Å²) >= 11 is 0. The van der Waals surface area contributed by atoms with Gasteiger partial charge in [0.05, 0.1) is 18.3 Å². The molecule has 0 saturated heterocycles. The Morgan fingerprint density at radius 1 is 1.40 bits per heavy atom. The SMILES string of the molecule is C=N/C=C\C=N/CCNC1=C(c2nc3cnccc3[nH]2)C(=O)N/C(=C/N(C)N=C)C1. The van der Waals surface area contributed by atoms with Gasteiger partial charge in [-0.2, -0.15) is 5.10 Å². The largest absolute Gasteiger partial charge is 0.385 e. The summed E-state index contributed by atoms with van der Waals surface area (Å²) in [6.07, 6.45) is 10.4. The fraction of sp³-hybridized carbons (Fsp3) is 0.200. The second-order valence-corrected chi connectivity index (χ2v) is 6.34. The van der Waals surface area contributed by atoms with E-state index in [2.05, 4.69) is 54.1 Å². The molecule has 154 valence electrons. The second-order valence-electron chi connectivity index (χ2n) is 6.34. The molecule has 30 heavy (non-hydrogen) atoms. The maximum atomic E-state index is 12.9. The number of hydrazone groups is 1. The van der Waals surface area contributed by atoms with Crippen LogP contribution in [0.4, 0.5) is 0 Å². The average Bonchev–Trinajstić information content (AvgIpc) is 3.16. The molecule has 10 nitrogen and oxygen atoms in total. The number of H-pyrrole nitrogens is 1. The minimum atomic E-state index is -0.261. The Labute approximate surface area is 173 Å². The Balaban J connectivity index is 1.88. The van der Waals surface area contributed by atoms with Crippen molar-refractivity contribution < 1.29 is 4.79 Å². The molecule has 0 unspecified atom stereocenters. The van der Waals surface area contributed by atoms with E-state index in [0.29, 0.717) is 42.1 Å². The van der Waals surface area contributed by atoms with Crippen LogP contribution in [0.25, 0.3) is 16.6 Å². The van der Waals surface area contributed by atoms with Crippen LogP contribution in [-0.4, -0.2) is 65.7 Å². The molecule has 0 spiro atoms. The van der Waals surface area contributed by atoms with Crippen LogP contribution in [-0.2, 0) is 4.79 Å². The van der Waals surface area contributed by atoms with Gasteiger partial charge in [0.25, 0.3) is 5.91 Å². The minimum Gasteiger partial charge on any atom is -0.385 e. The zero-order valence-electron chi connectivity index (χ0n) is 16.7. The van der Waals surface area contributed by atoms with Gasteiger partial charge in [-0.05, 0) is 18.9 Å². The first kappa shape index (κ1) is 20.6. The lowest BCUT2D eigenvalue weighted by molar-refractivity contribution is -0.115. The normalized spacial score (nSPS) is 15.9. The first-order chi connectivity index (χ1) is 14.6.